The van der Waals surface area contributed by atoms with Crippen molar-refractivity contribution in [1.29, 1.82) is 5.26 Å². The fourth-order valence-electron chi connectivity index (χ4n) is 2.94. The number of aromatic nitrogens is 1. The third kappa shape index (κ3) is 4.38. The predicted molar refractivity (Wildman–Crippen MR) is 112 cm³/mol. The van der Waals surface area contributed by atoms with E-state index < -0.39 is 17.4 Å². The Balaban J connectivity index is 1.62. The molecule has 2 aromatic heterocycles. The van der Waals surface area contributed by atoms with E-state index >= 15 is 0 Å². The summed E-state index contributed by atoms with van der Waals surface area (Å²) in [5.74, 6) is -0.375. The molecule has 4 rings (SSSR count). The number of halogens is 4. The molecule has 0 aliphatic rings. The van der Waals surface area contributed by atoms with Gasteiger partial charge in [-0.05, 0) is 36.4 Å². The van der Waals surface area contributed by atoms with Gasteiger partial charge in [0.1, 0.15) is 28.1 Å². The summed E-state index contributed by atoms with van der Waals surface area (Å²) in [6.07, 6.45) is -3.36. The molecule has 32 heavy (non-hydrogen) atoms. The lowest BCUT2D eigenvalue weighted by molar-refractivity contribution is -0.136. The van der Waals surface area contributed by atoms with Gasteiger partial charge in [-0.2, -0.15) is 18.4 Å². The number of alkyl halides is 3. The Morgan fingerprint density at radius 2 is 1.91 bits per heavy atom. The highest BCUT2D eigenvalue weighted by Crippen LogP contribution is 2.34. The van der Waals surface area contributed by atoms with E-state index in [9.17, 15) is 27.6 Å². The minimum atomic E-state index is -4.70. The van der Waals surface area contributed by atoms with Crippen molar-refractivity contribution >= 4 is 33.6 Å². The van der Waals surface area contributed by atoms with E-state index in [1.54, 1.807) is 17.5 Å². The summed E-state index contributed by atoms with van der Waals surface area (Å²) in [5, 5.41) is 14.2. The third-order valence-corrected chi connectivity index (χ3v) is 5.30. The molecule has 10 heteroatoms. The molecule has 0 amide bonds. The van der Waals surface area contributed by atoms with Crippen LogP contribution in [0.5, 0.6) is 0 Å². The van der Waals surface area contributed by atoms with Gasteiger partial charge in [0, 0.05) is 40.3 Å². The number of fused-ring (bicyclic) bond motifs is 1. The van der Waals surface area contributed by atoms with E-state index in [4.69, 9.17) is 4.42 Å². The second kappa shape index (κ2) is 8.28. The van der Waals surface area contributed by atoms with Crippen LogP contribution in [0.1, 0.15) is 10.6 Å². The first-order valence-electron chi connectivity index (χ1n) is 8.98. The SMILES string of the molecule is N#C/C(=C\Nc1ccc2c(C(F)(F)F)cc(=O)oc2c1)c1nc(-c2ccc(F)cc2)cs1. The first-order chi connectivity index (χ1) is 15.2. The van der Waals surface area contributed by atoms with Gasteiger partial charge in [-0.15, -0.1) is 11.3 Å². The van der Waals surface area contributed by atoms with Crippen molar-refractivity contribution in [2.24, 2.45) is 0 Å². The Morgan fingerprint density at radius 1 is 1.16 bits per heavy atom. The molecule has 2 aromatic carbocycles. The molecule has 0 aliphatic carbocycles. The zero-order valence-electron chi connectivity index (χ0n) is 15.9. The number of nitrogens with zero attached hydrogens (tertiary/aromatic N) is 2. The molecule has 5 nitrogen and oxygen atoms in total. The smallest absolute Gasteiger partial charge is 0.417 e. The second-order valence-electron chi connectivity index (χ2n) is 6.55. The number of benzene rings is 2. The molecule has 0 saturated heterocycles. The maximum atomic E-state index is 13.2. The van der Waals surface area contributed by atoms with Gasteiger partial charge in [0.15, 0.2) is 0 Å². The number of thiazole rings is 1. The number of hydrogen-bond acceptors (Lipinski definition) is 6. The molecule has 1 N–H and O–H groups in total. The van der Waals surface area contributed by atoms with Gasteiger partial charge in [-0.25, -0.2) is 14.2 Å². The molecule has 0 unspecified atom stereocenters. The standard InChI is InChI=1S/C22H11F4N3O2S/c23-14-3-1-12(2-4-14)18-11-32-21(29-18)13(9-27)10-28-15-5-6-16-17(22(24,25)26)8-20(30)31-19(16)7-15/h1-8,10-11,28H/b13-10+. The van der Waals surface area contributed by atoms with Crippen LogP contribution in [-0.2, 0) is 6.18 Å². The highest BCUT2D eigenvalue weighted by atomic mass is 32.1. The molecular weight excluding hydrogens is 446 g/mol. The number of allylic oxidation sites excluding steroid dienone is 1. The minimum absolute atomic E-state index is 0.175. The Labute approximate surface area is 181 Å². The lowest BCUT2D eigenvalue weighted by atomic mass is 10.1. The lowest BCUT2D eigenvalue weighted by Gasteiger charge is -2.10. The van der Waals surface area contributed by atoms with E-state index in [0.717, 1.165) is 0 Å². The van der Waals surface area contributed by atoms with Gasteiger partial charge >= 0.3 is 11.8 Å². The number of anilines is 1. The summed E-state index contributed by atoms with van der Waals surface area (Å²) in [4.78, 5) is 15.9. The first-order valence-corrected chi connectivity index (χ1v) is 9.86. The Bertz CT molecular complexity index is 1430. The second-order valence-corrected chi connectivity index (χ2v) is 7.40. The van der Waals surface area contributed by atoms with Crippen LogP contribution in [-0.4, -0.2) is 4.98 Å². The van der Waals surface area contributed by atoms with E-state index in [0.29, 0.717) is 28.0 Å². The van der Waals surface area contributed by atoms with E-state index in [1.165, 1.54) is 47.9 Å². The van der Waals surface area contributed by atoms with Gasteiger partial charge in [-0.3, -0.25) is 0 Å². The average molecular weight is 457 g/mol. The van der Waals surface area contributed by atoms with Crippen LogP contribution in [0.15, 0.2) is 69.3 Å². The predicted octanol–water partition coefficient (Wildman–Crippen LogP) is 6.05. The molecule has 0 atom stereocenters. The van der Waals surface area contributed by atoms with E-state index in [-0.39, 0.29) is 22.4 Å². The molecule has 0 spiro atoms. The van der Waals surface area contributed by atoms with Crippen LogP contribution in [0, 0.1) is 17.1 Å². The maximum Gasteiger partial charge on any atom is 0.417 e. The molecule has 0 bridgehead atoms. The minimum Gasteiger partial charge on any atom is -0.423 e. The number of nitrogens with one attached hydrogen (secondary N) is 1. The van der Waals surface area contributed by atoms with Crippen molar-refractivity contribution in [3.8, 4) is 17.3 Å². The summed E-state index contributed by atoms with van der Waals surface area (Å²) in [6, 6.07) is 11.9. The van der Waals surface area contributed by atoms with Crippen LogP contribution in [0.4, 0.5) is 23.2 Å². The molecular formula is C22H11F4N3O2S. The quantitative estimate of drug-likeness (QED) is 0.229. The van der Waals surface area contributed by atoms with Crippen molar-refractivity contribution in [3.05, 3.63) is 86.9 Å². The van der Waals surface area contributed by atoms with Gasteiger partial charge in [0.25, 0.3) is 0 Å². The normalized spacial score (nSPS) is 12.0. The fourth-order valence-corrected chi connectivity index (χ4v) is 3.73. The van der Waals surface area contributed by atoms with Gasteiger partial charge < -0.3 is 9.73 Å². The monoisotopic (exact) mass is 457 g/mol. The van der Waals surface area contributed by atoms with Crippen molar-refractivity contribution in [2.75, 3.05) is 5.32 Å². The zero-order valence-corrected chi connectivity index (χ0v) is 16.7. The van der Waals surface area contributed by atoms with Gasteiger partial charge in [0.05, 0.1) is 11.3 Å². The Kier molecular flexibility index (Phi) is 5.50. The van der Waals surface area contributed by atoms with E-state index in [1.807, 2.05) is 6.07 Å². The molecule has 0 fully saturated rings. The lowest BCUT2D eigenvalue weighted by Crippen LogP contribution is -2.11. The number of hydrogen-bond donors (Lipinski definition) is 1. The topological polar surface area (TPSA) is 78.9 Å². The summed E-state index contributed by atoms with van der Waals surface area (Å²) in [5.41, 5.74) is -0.708. The van der Waals surface area contributed by atoms with Crippen LogP contribution in [0.2, 0.25) is 0 Å². The fraction of sp³-hybridized carbons (Fsp3) is 0.0455. The molecule has 4 aromatic rings. The highest BCUT2D eigenvalue weighted by molar-refractivity contribution is 7.11. The van der Waals surface area contributed by atoms with E-state index in [2.05, 4.69) is 10.3 Å². The molecule has 160 valence electrons. The summed E-state index contributed by atoms with van der Waals surface area (Å²) < 4.78 is 57.5. The van der Waals surface area contributed by atoms with Crippen molar-refractivity contribution < 1.29 is 22.0 Å². The molecule has 2 heterocycles. The van der Waals surface area contributed by atoms with Crippen molar-refractivity contribution in [2.45, 2.75) is 6.18 Å². The van der Waals surface area contributed by atoms with Crippen molar-refractivity contribution in [3.63, 3.8) is 0 Å². The summed E-state index contributed by atoms with van der Waals surface area (Å²) >= 11 is 1.21. The Hall–Kier alpha value is -3.97. The van der Waals surface area contributed by atoms with Crippen LogP contribution in [0.3, 0.4) is 0 Å². The average Bonchev–Trinajstić information content (AvgIpc) is 3.23. The summed E-state index contributed by atoms with van der Waals surface area (Å²) in [7, 11) is 0. The molecule has 0 radical (unpaired) electrons. The molecule has 0 saturated carbocycles. The van der Waals surface area contributed by atoms with Crippen molar-refractivity contribution in [1.82, 2.24) is 4.98 Å². The molecule has 0 aliphatic heterocycles. The zero-order chi connectivity index (χ0) is 22.9. The number of rotatable bonds is 4. The summed E-state index contributed by atoms with van der Waals surface area (Å²) in [6.45, 7) is 0. The Morgan fingerprint density at radius 3 is 2.59 bits per heavy atom. The maximum absolute atomic E-state index is 13.2. The van der Waals surface area contributed by atoms with Crippen LogP contribution in [0.25, 0.3) is 27.8 Å². The van der Waals surface area contributed by atoms with Gasteiger partial charge in [-0.1, -0.05) is 0 Å². The van der Waals surface area contributed by atoms with Crippen LogP contribution >= 0.6 is 11.3 Å². The highest BCUT2D eigenvalue weighted by Gasteiger charge is 2.33. The first kappa shape index (κ1) is 21.3. The number of nitriles is 1. The van der Waals surface area contributed by atoms with Crippen LogP contribution < -0.4 is 10.9 Å². The van der Waals surface area contributed by atoms with Gasteiger partial charge in [0.2, 0.25) is 0 Å². The largest absolute Gasteiger partial charge is 0.423 e. The third-order valence-electron chi connectivity index (χ3n) is 4.43.